The van der Waals surface area contributed by atoms with Gasteiger partial charge in [-0.15, -0.1) is 0 Å². The second-order valence-electron chi connectivity index (χ2n) is 32.0. The summed E-state index contributed by atoms with van der Waals surface area (Å²) in [5.41, 5.74) is 14.1. The number of fused-ring (bicyclic) bond motifs is 3. The zero-order valence-corrected chi connectivity index (χ0v) is 74.0. The first-order valence-electron chi connectivity index (χ1n) is 42.9. The Labute approximate surface area is 763 Å². The van der Waals surface area contributed by atoms with E-state index in [0.29, 0.717) is 64.5 Å². The van der Waals surface area contributed by atoms with Crippen LogP contribution in [-0.4, -0.2) is 217 Å². The van der Waals surface area contributed by atoms with Crippen LogP contribution in [0.3, 0.4) is 0 Å². The number of phenols is 2. The molecule has 0 unspecified atom stereocenters. The number of aromatic hydroxyl groups is 2. The van der Waals surface area contributed by atoms with Gasteiger partial charge in [0.25, 0.3) is 0 Å². The van der Waals surface area contributed by atoms with Gasteiger partial charge in [-0.1, -0.05) is 93.9 Å². The fraction of sp³-hybridized carbons (Fsp3) is 0.385. The van der Waals surface area contributed by atoms with Crippen molar-refractivity contribution < 1.29 is 107 Å². The summed E-state index contributed by atoms with van der Waals surface area (Å²) in [5.74, 6) is -17.3. The maximum absolute atomic E-state index is 14.7. The van der Waals surface area contributed by atoms with E-state index in [2.05, 4.69) is 79.4 Å². The second-order valence-corrected chi connectivity index (χ2v) is 32.4. The molecule has 2 aliphatic rings. The highest BCUT2D eigenvalue weighted by molar-refractivity contribution is 7.80. The number of thiocarbonyl (C=S) groups is 1. The molecular weight excluding hydrogens is 1730 g/mol. The zero-order valence-electron chi connectivity index (χ0n) is 73.2. The predicted octanol–water partition coefficient (Wildman–Crippen LogP) is 2.26. The third kappa shape index (κ3) is 32.1. The molecule has 5 aromatic carbocycles. The van der Waals surface area contributed by atoms with E-state index in [0.717, 1.165) is 5.39 Å². The van der Waals surface area contributed by atoms with Crippen LogP contribution in [0, 0.1) is 5.92 Å². The second kappa shape index (κ2) is 50.2. The summed E-state index contributed by atoms with van der Waals surface area (Å²) < 4.78 is 5.94. The Morgan fingerprint density at radius 1 is 0.470 bits per heavy atom. The Balaban J connectivity index is 0.928. The summed E-state index contributed by atoms with van der Waals surface area (Å²) in [6, 6.07) is 19.2. The minimum atomic E-state index is -1.77. The first-order valence-corrected chi connectivity index (χ1v) is 43.3. The number of anilines is 1. The molecule has 6 aromatic rings. The van der Waals surface area contributed by atoms with Gasteiger partial charge in [-0.25, -0.2) is 9.59 Å². The van der Waals surface area contributed by atoms with Crippen LogP contribution >= 0.6 is 12.2 Å². The lowest BCUT2D eigenvalue weighted by Gasteiger charge is -2.27. The van der Waals surface area contributed by atoms with Crippen molar-refractivity contribution in [2.45, 2.75) is 191 Å². The molecule has 13 amide bonds. The van der Waals surface area contributed by atoms with Gasteiger partial charge in [-0.3, -0.25) is 71.9 Å². The average Bonchev–Trinajstić information content (AvgIpc) is 1.01. The number of nitrogens with one attached hydrogen (secondary N) is 15. The molecule has 132 heavy (non-hydrogen) atoms. The number of nitrogens with two attached hydrogens (primary N) is 2. The number of amides is 13. The number of hydrogen-bond acceptors (Lipinski definition) is 22. The number of H-pyrrole nitrogens is 1. The van der Waals surface area contributed by atoms with E-state index in [1.807, 2.05) is 6.92 Å². The number of carboxylic acid groups (broad SMARTS) is 3. The number of carbonyl (C=O) groups is 16. The predicted molar refractivity (Wildman–Crippen MR) is 487 cm³/mol. The number of aromatic carboxylic acids is 1. The normalized spacial score (nSPS) is 13.4. The van der Waals surface area contributed by atoms with Crippen LogP contribution < -0.4 is 91.3 Å². The molecule has 0 radical (unpaired) electrons. The van der Waals surface area contributed by atoms with E-state index < -0.39 is 194 Å². The van der Waals surface area contributed by atoms with Crippen LogP contribution in [0.2, 0.25) is 0 Å². The maximum Gasteiger partial charge on any atom is 0.336 e. The highest BCUT2D eigenvalue weighted by Gasteiger charge is 2.37. The van der Waals surface area contributed by atoms with Crippen molar-refractivity contribution in [3.05, 3.63) is 172 Å². The van der Waals surface area contributed by atoms with E-state index in [1.165, 1.54) is 80.6 Å². The van der Waals surface area contributed by atoms with Crippen molar-refractivity contribution in [3.8, 4) is 33.9 Å². The highest BCUT2D eigenvalue weighted by Crippen LogP contribution is 2.42. The molecule has 1 aliphatic carbocycles. The van der Waals surface area contributed by atoms with Crippen molar-refractivity contribution in [1.29, 1.82) is 0 Å². The van der Waals surface area contributed by atoms with Gasteiger partial charge in [0.1, 0.15) is 83.3 Å². The summed E-state index contributed by atoms with van der Waals surface area (Å²) in [7, 11) is 0. The molecule has 24 N–H and O–H groups in total. The van der Waals surface area contributed by atoms with E-state index >= 15 is 0 Å². The van der Waals surface area contributed by atoms with E-state index in [1.54, 1.807) is 86.6 Å². The Bertz CT molecular complexity index is 5500. The molecule has 0 saturated heterocycles. The first-order chi connectivity index (χ1) is 62.8. The topological polar surface area (TPSA) is 641 Å². The molecule has 41 heteroatoms. The number of primary amides is 1. The SMILES string of the molecule is CCCCNC(=O)[C@H](CC(=O)N[C@@H](CCC(=O)O)C(=O)N[C@@H](C)C(=O)N[C@@H](C)C(=O)N[C@@H](Cc1ccc(O)cc1)C(=O)N[C@@H](CCC(N)=O)C(=O)N[C@@H](CC(=O)N[C@@H](Cc1ccccc1)C(=O)N[C@@H](CC(C)C)C(=O)O)C(=O)NCCCCN)NC(=O)[C@H](Cc1cc2ccccc2[nH]1)NC(=O)CCNC(=S)Nc1ccc(-c2c3ccc(=O)cc-3oc3cc(O)ccc23)c(C(=O)O)c1. The number of aromatic amines is 1. The molecule has 8 rings (SSSR count). The fourth-order valence-corrected chi connectivity index (χ4v) is 14.3. The van der Waals surface area contributed by atoms with E-state index in [9.17, 15) is 107 Å². The lowest BCUT2D eigenvalue weighted by Crippen LogP contribution is -2.60. The average molecular weight is 1840 g/mol. The maximum atomic E-state index is 14.7. The van der Waals surface area contributed by atoms with Crippen LogP contribution in [0.15, 0.2) is 149 Å². The van der Waals surface area contributed by atoms with Gasteiger partial charge in [0.15, 0.2) is 10.5 Å². The third-order valence-corrected chi connectivity index (χ3v) is 21.2. The molecule has 0 spiro atoms. The van der Waals surface area contributed by atoms with Crippen LogP contribution in [-0.2, 0) is 91.2 Å². The van der Waals surface area contributed by atoms with Gasteiger partial charge in [0, 0.05) is 104 Å². The molecule has 2 heterocycles. The minimum Gasteiger partial charge on any atom is -0.508 e. The number of rotatable bonds is 51. The van der Waals surface area contributed by atoms with E-state index in [4.69, 9.17) is 28.1 Å². The van der Waals surface area contributed by atoms with Gasteiger partial charge in [0.2, 0.25) is 76.8 Å². The van der Waals surface area contributed by atoms with Crippen LogP contribution in [0.1, 0.15) is 139 Å². The monoisotopic (exact) mass is 1840 g/mol. The number of hydrogen-bond donors (Lipinski definition) is 22. The molecule has 0 saturated carbocycles. The Kier molecular flexibility index (Phi) is 39.0. The van der Waals surface area contributed by atoms with Crippen molar-refractivity contribution in [2.75, 3.05) is 31.5 Å². The number of carbonyl (C=O) groups excluding carboxylic acids is 13. The zero-order chi connectivity index (χ0) is 96.4. The Morgan fingerprint density at radius 3 is 1.60 bits per heavy atom. The molecule has 1 aliphatic heterocycles. The molecule has 40 nitrogen and oxygen atoms in total. The lowest BCUT2D eigenvalue weighted by molar-refractivity contribution is -0.143. The summed E-state index contributed by atoms with van der Waals surface area (Å²) in [5, 5.41) is 87.8. The number of aromatic nitrogens is 1. The number of para-hydroxylation sites is 1. The van der Waals surface area contributed by atoms with Gasteiger partial charge in [-0.2, -0.15) is 0 Å². The number of carboxylic acids is 3. The van der Waals surface area contributed by atoms with Crippen molar-refractivity contribution in [3.63, 3.8) is 0 Å². The highest BCUT2D eigenvalue weighted by atomic mass is 32.1. The van der Waals surface area contributed by atoms with Crippen molar-refractivity contribution in [1.82, 2.24) is 74.1 Å². The molecule has 0 bridgehead atoms. The number of aliphatic carboxylic acids is 2. The van der Waals surface area contributed by atoms with Crippen LogP contribution in [0.5, 0.6) is 11.5 Å². The molecule has 1 aromatic heterocycles. The number of phenolic OH excluding ortho intramolecular Hbond substituents is 2. The Hall–Kier alpha value is -14.9. The smallest absolute Gasteiger partial charge is 0.336 e. The first kappa shape index (κ1) is 102. The van der Waals surface area contributed by atoms with Crippen molar-refractivity contribution >= 4 is 140 Å². The van der Waals surface area contributed by atoms with Gasteiger partial charge in [-0.05, 0) is 160 Å². The number of unbranched alkanes of at least 4 members (excludes halogenated alkanes) is 2. The van der Waals surface area contributed by atoms with Crippen molar-refractivity contribution in [2.24, 2.45) is 17.4 Å². The molecule has 704 valence electrons. The Morgan fingerprint density at radius 2 is 0.992 bits per heavy atom. The lowest BCUT2D eigenvalue weighted by atomic mass is 9.90. The van der Waals surface area contributed by atoms with Gasteiger partial charge < -0.3 is 121 Å². The summed E-state index contributed by atoms with van der Waals surface area (Å²) in [6.07, 6.45) is -3.36. The minimum absolute atomic E-state index is 0.0113. The molecule has 0 fully saturated rings. The van der Waals surface area contributed by atoms with Gasteiger partial charge >= 0.3 is 17.9 Å². The molecule has 10 atom stereocenters. The fourth-order valence-electron chi connectivity index (χ4n) is 14.1. The largest absolute Gasteiger partial charge is 0.508 e. The van der Waals surface area contributed by atoms with Gasteiger partial charge in [0.05, 0.1) is 18.4 Å². The quantitative estimate of drug-likeness (QED) is 0.0148. The third-order valence-electron chi connectivity index (χ3n) is 20.9. The van der Waals surface area contributed by atoms with Crippen LogP contribution in [0.25, 0.3) is 44.3 Å². The summed E-state index contributed by atoms with van der Waals surface area (Å²) in [6.45, 7) is 7.87. The van der Waals surface area contributed by atoms with Crippen LogP contribution in [0.4, 0.5) is 5.69 Å². The molecular formula is C91H111N17O23S. The summed E-state index contributed by atoms with van der Waals surface area (Å²) in [4.78, 5) is 236. The standard InChI is InChI=1S/C91H111N17O23S/c1-6-7-35-94-82(120)70(107-88(126)68(43-55-41-53-17-11-12-18-63(53)99-55)102-75(113)33-37-96-91(132)100-54-21-26-59(62(42-54)89(127)128)79-60-27-24-57(110)44-72(60)131-73-45-58(111)25-28-61(73)79)46-76(114)101-64(30-32-78(116)117)84(122)98-49(4)80(118)97-50(5)81(119)105-67(40-52-19-22-56(109)23-20-52)87(125)104-65(29-31-74(93)112)85(123)106-69(83(121)95-36-14-13-34-92)47-77(115)103-66(39-51-15-9-8-10-16-51)86(124)108-71(90(129)130)38-48(2)3/h8-12,15-28,41-42,44-45,48-50,64-71,99,109-110H,6-7,13-14,29-40,43,46-47,92H2,1-5H3,(H2,93,112)(H,94,120)(H,95,121)(H,97,118)(H,98,122)(H,101,114)(H,102,113)(H,103,115)(H,104,125)(H,105,119)(H,106,123)(H,107,126)(H,108,124)(H,116,117)(H,127,128)(H,129,130)(H2,96,100,132)/t49-,50-,64-,65-,66-,67-,68-,69-,70-,71-/m0/s1. The van der Waals surface area contributed by atoms with E-state index in [-0.39, 0.29) is 114 Å². The number of benzene rings is 6. The summed E-state index contributed by atoms with van der Waals surface area (Å²) >= 11 is 5.55.